The van der Waals surface area contributed by atoms with Crippen molar-refractivity contribution in [3.8, 4) is 0 Å². The normalized spacial score (nSPS) is 10.9. The summed E-state index contributed by atoms with van der Waals surface area (Å²) in [5.74, 6) is 0. The quantitative estimate of drug-likeness (QED) is 0.685. The van der Waals surface area contributed by atoms with Gasteiger partial charge in [-0.05, 0) is 36.7 Å². The Morgan fingerprint density at radius 1 is 1.60 bits per heavy atom. The van der Waals surface area contributed by atoms with Crippen LogP contribution in [0.5, 0.6) is 0 Å². The van der Waals surface area contributed by atoms with Crippen molar-refractivity contribution in [2.45, 2.75) is 26.8 Å². The van der Waals surface area contributed by atoms with Crippen LogP contribution in [0.1, 0.15) is 25.6 Å². The van der Waals surface area contributed by atoms with Gasteiger partial charge in [-0.1, -0.05) is 0 Å². The molecule has 0 amide bonds. The van der Waals surface area contributed by atoms with Crippen LogP contribution in [0.4, 0.5) is 0 Å². The number of rotatable bonds is 1. The van der Waals surface area contributed by atoms with Crippen LogP contribution in [0.25, 0.3) is 0 Å². The number of hydrogen-bond acceptors (Lipinski definition) is 1. The number of hydrogen-bond donors (Lipinski definition) is 0. The zero-order valence-electron chi connectivity index (χ0n) is 6.43. The van der Waals surface area contributed by atoms with Gasteiger partial charge in [0.2, 0.25) is 0 Å². The fourth-order valence-electron chi connectivity index (χ4n) is 0.849. The molecule has 0 unspecified atom stereocenters. The van der Waals surface area contributed by atoms with Crippen molar-refractivity contribution < 1.29 is 0 Å². The molecule has 0 aliphatic heterocycles. The molecule has 0 aliphatic rings. The maximum absolute atomic E-state index is 4.21. The van der Waals surface area contributed by atoms with Gasteiger partial charge in [0.15, 0.2) is 4.73 Å². The van der Waals surface area contributed by atoms with E-state index in [2.05, 4.69) is 39.3 Å². The van der Waals surface area contributed by atoms with Gasteiger partial charge in [0.25, 0.3) is 0 Å². The molecule has 56 valence electrons. The van der Waals surface area contributed by atoms with Gasteiger partial charge in [-0.25, -0.2) is 4.98 Å². The SMILES string of the molecule is Cc1cn(C(C)C)c(Br)n1. The van der Waals surface area contributed by atoms with E-state index in [0.29, 0.717) is 6.04 Å². The molecule has 0 saturated heterocycles. The zero-order chi connectivity index (χ0) is 7.72. The van der Waals surface area contributed by atoms with Crippen LogP contribution < -0.4 is 0 Å². The molecule has 2 nitrogen and oxygen atoms in total. The van der Waals surface area contributed by atoms with E-state index < -0.39 is 0 Å². The topological polar surface area (TPSA) is 17.8 Å². The Bertz CT molecular complexity index is 228. The highest BCUT2D eigenvalue weighted by Gasteiger charge is 2.03. The second-order valence-electron chi connectivity index (χ2n) is 2.65. The summed E-state index contributed by atoms with van der Waals surface area (Å²) in [5.41, 5.74) is 1.06. The molecule has 0 radical (unpaired) electrons. The Morgan fingerprint density at radius 3 is 2.40 bits per heavy atom. The lowest BCUT2D eigenvalue weighted by molar-refractivity contribution is 0.586. The van der Waals surface area contributed by atoms with Crippen molar-refractivity contribution in [2.75, 3.05) is 0 Å². The Morgan fingerprint density at radius 2 is 2.20 bits per heavy atom. The van der Waals surface area contributed by atoms with Crippen LogP contribution in [0.3, 0.4) is 0 Å². The summed E-state index contributed by atoms with van der Waals surface area (Å²) in [4.78, 5) is 4.21. The Kier molecular flexibility index (Phi) is 2.14. The third-order valence-corrected chi connectivity index (χ3v) is 1.95. The first-order valence-corrected chi connectivity index (χ1v) is 4.11. The van der Waals surface area contributed by atoms with Crippen LogP contribution in [0.15, 0.2) is 10.9 Å². The zero-order valence-corrected chi connectivity index (χ0v) is 8.01. The van der Waals surface area contributed by atoms with Gasteiger partial charge in [0, 0.05) is 12.2 Å². The van der Waals surface area contributed by atoms with Crippen LogP contribution >= 0.6 is 15.9 Å². The van der Waals surface area contributed by atoms with Gasteiger partial charge in [0.1, 0.15) is 0 Å². The molecule has 0 spiro atoms. The second-order valence-corrected chi connectivity index (χ2v) is 3.36. The maximum atomic E-state index is 4.21. The predicted molar refractivity (Wildman–Crippen MR) is 45.0 cm³/mol. The van der Waals surface area contributed by atoms with Gasteiger partial charge in [-0.2, -0.15) is 0 Å². The average Bonchev–Trinajstić information content (AvgIpc) is 2.10. The van der Waals surface area contributed by atoms with Crippen LogP contribution in [0, 0.1) is 6.92 Å². The number of imidazole rings is 1. The molecule has 0 N–H and O–H groups in total. The lowest BCUT2D eigenvalue weighted by atomic mass is 10.4. The fourth-order valence-corrected chi connectivity index (χ4v) is 1.64. The summed E-state index contributed by atoms with van der Waals surface area (Å²) < 4.78 is 3.01. The van der Waals surface area contributed by atoms with E-state index in [1.807, 2.05) is 13.1 Å². The minimum Gasteiger partial charge on any atom is -0.323 e. The monoisotopic (exact) mass is 202 g/mol. The number of aromatic nitrogens is 2. The summed E-state index contributed by atoms with van der Waals surface area (Å²) >= 11 is 3.37. The lowest BCUT2D eigenvalue weighted by Gasteiger charge is -2.05. The smallest absolute Gasteiger partial charge is 0.177 e. The highest BCUT2D eigenvalue weighted by Crippen LogP contribution is 2.15. The van der Waals surface area contributed by atoms with Crippen molar-refractivity contribution in [1.82, 2.24) is 9.55 Å². The van der Waals surface area contributed by atoms with E-state index in [-0.39, 0.29) is 0 Å². The molecule has 0 aromatic carbocycles. The third kappa shape index (κ3) is 1.40. The van der Waals surface area contributed by atoms with E-state index in [9.17, 15) is 0 Å². The Hall–Kier alpha value is -0.310. The van der Waals surface area contributed by atoms with Crippen molar-refractivity contribution in [1.29, 1.82) is 0 Å². The summed E-state index contributed by atoms with van der Waals surface area (Å²) in [6.45, 7) is 6.25. The fraction of sp³-hybridized carbons (Fsp3) is 0.571. The van der Waals surface area contributed by atoms with E-state index in [1.165, 1.54) is 0 Å². The van der Waals surface area contributed by atoms with E-state index in [4.69, 9.17) is 0 Å². The predicted octanol–water partition coefficient (Wildman–Crippen LogP) is 2.53. The highest BCUT2D eigenvalue weighted by molar-refractivity contribution is 9.10. The Balaban J connectivity index is 3.03. The summed E-state index contributed by atoms with van der Waals surface area (Å²) in [7, 11) is 0. The van der Waals surface area contributed by atoms with Crippen molar-refractivity contribution in [3.63, 3.8) is 0 Å². The molecule has 0 fully saturated rings. The molecule has 0 atom stereocenters. The van der Waals surface area contributed by atoms with Crippen LogP contribution in [-0.2, 0) is 0 Å². The minimum atomic E-state index is 0.482. The molecule has 0 aliphatic carbocycles. The van der Waals surface area contributed by atoms with E-state index in [1.54, 1.807) is 0 Å². The average molecular weight is 203 g/mol. The van der Waals surface area contributed by atoms with E-state index in [0.717, 1.165) is 10.4 Å². The second kappa shape index (κ2) is 2.74. The number of nitrogens with zero attached hydrogens (tertiary/aromatic N) is 2. The lowest BCUT2D eigenvalue weighted by Crippen LogP contribution is -1.98. The molecule has 0 bridgehead atoms. The first-order valence-electron chi connectivity index (χ1n) is 3.32. The van der Waals surface area contributed by atoms with E-state index >= 15 is 0 Å². The highest BCUT2D eigenvalue weighted by atomic mass is 79.9. The first kappa shape index (κ1) is 7.79. The van der Waals surface area contributed by atoms with Crippen LogP contribution in [0.2, 0.25) is 0 Å². The van der Waals surface area contributed by atoms with Gasteiger partial charge in [-0.15, -0.1) is 0 Å². The van der Waals surface area contributed by atoms with Crippen molar-refractivity contribution in [3.05, 3.63) is 16.6 Å². The molecular weight excluding hydrogens is 192 g/mol. The Labute approximate surface area is 69.4 Å². The van der Waals surface area contributed by atoms with Gasteiger partial charge in [0.05, 0.1) is 5.69 Å². The standard InChI is InChI=1S/C7H11BrN2/c1-5(2)10-4-6(3)9-7(10)8/h4-5H,1-3H3. The van der Waals surface area contributed by atoms with Crippen LogP contribution in [-0.4, -0.2) is 9.55 Å². The number of halogens is 1. The molecule has 1 heterocycles. The molecule has 1 aromatic heterocycles. The maximum Gasteiger partial charge on any atom is 0.177 e. The largest absolute Gasteiger partial charge is 0.323 e. The van der Waals surface area contributed by atoms with Crippen molar-refractivity contribution >= 4 is 15.9 Å². The molecule has 3 heteroatoms. The minimum absolute atomic E-state index is 0.482. The molecular formula is C7H11BrN2. The summed E-state index contributed by atoms with van der Waals surface area (Å²) in [5, 5.41) is 0. The summed E-state index contributed by atoms with van der Waals surface area (Å²) in [6.07, 6.45) is 2.04. The molecule has 1 rings (SSSR count). The third-order valence-electron chi connectivity index (χ3n) is 1.36. The first-order chi connectivity index (χ1) is 4.61. The van der Waals surface area contributed by atoms with Gasteiger partial charge in [-0.3, -0.25) is 0 Å². The summed E-state index contributed by atoms with van der Waals surface area (Å²) in [6, 6.07) is 0.482. The van der Waals surface area contributed by atoms with Gasteiger partial charge < -0.3 is 4.57 Å². The van der Waals surface area contributed by atoms with Crippen molar-refractivity contribution in [2.24, 2.45) is 0 Å². The molecule has 0 saturated carbocycles. The number of aryl methyl sites for hydroxylation is 1. The molecule has 1 aromatic rings. The molecule has 10 heavy (non-hydrogen) atoms. The van der Waals surface area contributed by atoms with Gasteiger partial charge >= 0.3 is 0 Å².